The Morgan fingerprint density at radius 3 is 2.75 bits per heavy atom. The van der Waals surface area contributed by atoms with Crippen LogP contribution in [0.3, 0.4) is 0 Å². The second-order valence-electron chi connectivity index (χ2n) is 3.62. The summed E-state index contributed by atoms with van der Waals surface area (Å²) in [6, 6.07) is 0. The number of rotatable bonds is 3. The Morgan fingerprint density at radius 1 is 1.50 bits per heavy atom. The Bertz CT molecular complexity index is 198. The lowest BCUT2D eigenvalue weighted by atomic mass is 10.0. The molecule has 0 bridgehead atoms. The molecule has 0 saturated heterocycles. The third-order valence-electron chi connectivity index (χ3n) is 2.56. The van der Waals surface area contributed by atoms with Gasteiger partial charge in [0.15, 0.2) is 0 Å². The van der Waals surface area contributed by atoms with Crippen molar-refractivity contribution in [2.45, 2.75) is 39.0 Å². The van der Waals surface area contributed by atoms with Gasteiger partial charge in [0.25, 0.3) is 0 Å². The van der Waals surface area contributed by atoms with Gasteiger partial charge in [-0.05, 0) is 30.9 Å². The molecule has 1 aliphatic carbocycles. The molecule has 0 unspecified atom stereocenters. The second-order valence-corrected chi connectivity index (χ2v) is 3.62. The number of allylic oxidation sites excluding steroid dienone is 2. The quantitative estimate of drug-likeness (QED) is 0.436. The van der Waals surface area contributed by atoms with Gasteiger partial charge in [0.2, 0.25) is 0 Å². The first-order valence-corrected chi connectivity index (χ1v) is 4.87. The van der Waals surface area contributed by atoms with Crippen molar-refractivity contribution in [1.29, 1.82) is 0 Å². The molecule has 0 amide bonds. The lowest BCUT2D eigenvalue weighted by molar-refractivity contribution is 0.558. The fraction of sp³-hybridized carbons (Fsp3) is 0.583. The van der Waals surface area contributed by atoms with Gasteiger partial charge in [-0.2, -0.15) is 0 Å². The van der Waals surface area contributed by atoms with Gasteiger partial charge < -0.3 is 0 Å². The van der Waals surface area contributed by atoms with Crippen LogP contribution in [0.25, 0.3) is 0 Å². The Labute approximate surface area is 75.7 Å². The molecule has 0 atom stereocenters. The summed E-state index contributed by atoms with van der Waals surface area (Å²) < 4.78 is 0. The lowest BCUT2D eigenvalue weighted by Crippen LogP contribution is -1.88. The summed E-state index contributed by atoms with van der Waals surface area (Å²) in [5, 5.41) is 0. The first kappa shape index (κ1) is 9.35. The smallest absolute Gasteiger partial charge is 0.0101 e. The average Bonchev–Trinajstić information content (AvgIpc) is 2.57. The molecule has 0 heterocycles. The molecule has 1 aliphatic rings. The van der Waals surface area contributed by atoms with Crippen LogP contribution in [0.4, 0.5) is 0 Å². The van der Waals surface area contributed by atoms with Crippen LogP contribution in [-0.4, -0.2) is 0 Å². The molecular weight excluding hydrogens is 144 g/mol. The molecule has 0 spiro atoms. The fourth-order valence-corrected chi connectivity index (χ4v) is 1.69. The first-order valence-electron chi connectivity index (χ1n) is 4.87. The summed E-state index contributed by atoms with van der Waals surface area (Å²) >= 11 is 0. The van der Waals surface area contributed by atoms with Crippen molar-refractivity contribution < 1.29 is 0 Å². The van der Waals surface area contributed by atoms with E-state index in [2.05, 4.69) is 18.4 Å². The van der Waals surface area contributed by atoms with Gasteiger partial charge in [-0.1, -0.05) is 38.3 Å². The molecule has 1 saturated carbocycles. The number of hydrogen-bond donors (Lipinski definition) is 0. The maximum Gasteiger partial charge on any atom is -0.0101 e. The van der Waals surface area contributed by atoms with Crippen LogP contribution in [0.5, 0.6) is 0 Å². The van der Waals surface area contributed by atoms with E-state index in [1.165, 1.54) is 32.1 Å². The topological polar surface area (TPSA) is 0 Å². The van der Waals surface area contributed by atoms with E-state index in [9.17, 15) is 0 Å². The van der Waals surface area contributed by atoms with Gasteiger partial charge in [-0.3, -0.25) is 0 Å². The Balaban J connectivity index is 2.32. The minimum atomic E-state index is 0.940. The summed E-state index contributed by atoms with van der Waals surface area (Å²) in [5.74, 6) is 0.940. The van der Waals surface area contributed by atoms with Crippen LogP contribution in [0.1, 0.15) is 39.0 Å². The van der Waals surface area contributed by atoms with Crippen molar-refractivity contribution in [2.24, 2.45) is 5.92 Å². The largest absolute Gasteiger partial charge is 0.122 e. The molecule has 0 aromatic heterocycles. The lowest BCUT2D eigenvalue weighted by Gasteiger charge is -2.01. The van der Waals surface area contributed by atoms with Crippen LogP contribution in [-0.2, 0) is 0 Å². The van der Waals surface area contributed by atoms with Crippen LogP contribution in [0.15, 0.2) is 30.0 Å². The zero-order chi connectivity index (χ0) is 8.81. The maximum atomic E-state index is 3.69. The van der Waals surface area contributed by atoms with E-state index in [1.54, 1.807) is 0 Å². The molecule has 0 radical (unpaired) electrons. The molecule has 12 heavy (non-hydrogen) atoms. The van der Waals surface area contributed by atoms with Crippen LogP contribution in [0.2, 0.25) is 0 Å². The SMILES string of the molecule is C=CC(C)=C=CCC1CCCC1. The maximum absolute atomic E-state index is 3.69. The highest BCUT2D eigenvalue weighted by Crippen LogP contribution is 2.27. The molecule has 1 rings (SSSR count). The normalized spacial score (nSPS) is 17.1. The summed E-state index contributed by atoms with van der Waals surface area (Å²) in [4.78, 5) is 0. The standard InChI is InChI=1S/C12H18/c1-3-11(2)7-6-10-12-8-4-5-9-12/h3,6,12H,1,4-5,8-10H2,2H3. The Kier molecular flexibility index (Phi) is 3.90. The zero-order valence-electron chi connectivity index (χ0n) is 7.97. The fourth-order valence-electron chi connectivity index (χ4n) is 1.69. The van der Waals surface area contributed by atoms with Crippen LogP contribution in [0, 0.1) is 5.92 Å². The summed E-state index contributed by atoms with van der Waals surface area (Å²) in [6.07, 6.45) is 10.9. The molecule has 0 aromatic carbocycles. The van der Waals surface area contributed by atoms with Gasteiger partial charge in [0.05, 0.1) is 0 Å². The van der Waals surface area contributed by atoms with Gasteiger partial charge in [-0.25, -0.2) is 0 Å². The predicted molar refractivity (Wildman–Crippen MR) is 54.0 cm³/mol. The molecule has 0 aliphatic heterocycles. The van der Waals surface area contributed by atoms with Gasteiger partial charge in [-0.15, -0.1) is 5.73 Å². The average molecular weight is 162 g/mol. The highest BCUT2D eigenvalue weighted by atomic mass is 14.2. The molecule has 0 nitrogen and oxygen atoms in total. The molecule has 66 valence electrons. The first-order chi connectivity index (χ1) is 5.83. The van der Waals surface area contributed by atoms with Crippen molar-refractivity contribution in [3.8, 4) is 0 Å². The van der Waals surface area contributed by atoms with Gasteiger partial charge >= 0.3 is 0 Å². The highest BCUT2D eigenvalue weighted by Gasteiger charge is 2.12. The van der Waals surface area contributed by atoms with E-state index in [4.69, 9.17) is 0 Å². The molecule has 0 aromatic rings. The summed E-state index contributed by atoms with van der Waals surface area (Å²) in [7, 11) is 0. The van der Waals surface area contributed by atoms with E-state index >= 15 is 0 Å². The van der Waals surface area contributed by atoms with Crippen molar-refractivity contribution in [3.63, 3.8) is 0 Å². The molecule has 0 N–H and O–H groups in total. The van der Waals surface area contributed by atoms with E-state index in [1.807, 2.05) is 13.0 Å². The van der Waals surface area contributed by atoms with Crippen molar-refractivity contribution in [1.82, 2.24) is 0 Å². The van der Waals surface area contributed by atoms with Gasteiger partial charge in [0.1, 0.15) is 0 Å². The molecule has 0 heteroatoms. The van der Waals surface area contributed by atoms with Crippen LogP contribution < -0.4 is 0 Å². The van der Waals surface area contributed by atoms with Crippen molar-refractivity contribution >= 4 is 0 Å². The summed E-state index contributed by atoms with van der Waals surface area (Å²) in [6.45, 7) is 5.73. The Hall–Kier alpha value is -0.740. The van der Waals surface area contributed by atoms with Crippen molar-refractivity contribution in [3.05, 3.63) is 30.0 Å². The summed E-state index contributed by atoms with van der Waals surface area (Å²) in [5.41, 5.74) is 4.38. The third kappa shape index (κ3) is 3.11. The molecular formula is C12H18. The minimum absolute atomic E-state index is 0.940. The highest BCUT2D eigenvalue weighted by molar-refractivity contribution is 5.12. The number of hydrogen-bond acceptors (Lipinski definition) is 0. The van der Waals surface area contributed by atoms with Crippen molar-refractivity contribution in [2.75, 3.05) is 0 Å². The zero-order valence-corrected chi connectivity index (χ0v) is 7.97. The monoisotopic (exact) mass is 162 g/mol. The predicted octanol–water partition coefficient (Wildman–Crippen LogP) is 3.85. The second kappa shape index (κ2) is 5.00. The minimum Gasteiger partial charge on any atom is -0.122 e. The van der Waals surface area contributed by atoms with E-state index in [0.29, 0.717) is 0 Å². The van der Waals surface area contributed by atoms with E-state index < -0.39 is 0 Å². The Morgan fingerprint density at radius 2 is 2.17 bits per heavy atom. The van der Waals surface area contributed by atoms with E-state index in [0.717, 1.165) is 11.5 Å². The van der Waals surface area contributed by atoms with E-state index in [-0.39, 0.29) is 0 Å². The van der Waals surface area contributed by atoms with Crippen LogP contribution >= 0.6 is 0 Å². The molecule has 1 fully saturated rings. The third-order valence-corrected chi connectivity index (χ3v) is 2.56. The van der Waals surface area contributed by atoms with Gasteiger partial charge in [0, 0.05) is 0 Å².